The van der Waals surface area contributed by atoms with Crippen LogP contribution in [0.1, 0.15) is 5.56 Å². The van der Waals surface area contributed by atoms with E-state index in [4.69, 9.17) is 5.11 Å². The maximum Gasteiger partial charge on any atom is 0.123 e. The minimum Gasteiger partial charge on any atom is -0.516 e. The van der Waals surface area contributed by atoms with E-state index in [0.29, 0.717) is 6.42 Å². The van der Waals surface area contributed by atoms with E-state index in [2.05, 4.69) is 0 Å². The molecule has 0 saturated carbocycles. The van der Waals surface area contributed by atoms with Gasteiger partial charge in [0.1, 0.15) is 5.82 Å². The SMILES string of the molecule is O/C=C/Cc1ccc(F)cc1. The van der Waals surface area contributed by atoms with Crippen LogP contribution in [0.15, 0.2) is 36.6 Å². The van der Waals surface area contributed by atoms with Gasteiger partial charge in [0.05, 0.1) is 6.26 Å². The molecular formula is C9H9FO. The summed E-state index contributed by atoms with van der Waals surface area (Å²) >= 11 is 0. The largest absolute Gasteiger partial charge is 0.516 e. The third-order valence-corrected chi connectivity index (χ3v) is 1.37. The third-order valence-electron chi connectivity index (χ3n) is 1.37. The van der Waals surface area contributed by atoms with Crippen molar-refractivity contribution >= 4 is 0 Å². The van der Waals surface area contributed by atoms with Crippen LogP contribution in [0.2, 0.25) is 0 Å². The molecule has 0 unspecified atom stereocenters. The molecule has 0 atom stereocenters. The molecule has 0 aliphatic rings. The summed E-state index contributed by atoms with van der Waals surface area (Å²) in [5, 5.41) is 8.33. The Morgan fingerprint density at radius 3 is 2.45 bits per heavy atom. The standard InChI is InChI=1S/C9H9FO/c10-9-5-3-8(4-6-9)2-1-7-11/h1,3-7,11H,2H2/b7-1+. The number of halogens is 1. The normalized spacial score (nSPS) is 10.6. The van der Waals surface area contributed by atoms with Crippen molar-refractivity contribution in [2.24, 2.45) is 0 Å². The predicted molar refractivity (Wildman–Crippen MR) is 41.9 cm³/mol. The maximum absolute atomic E-state index is 12.3. The van der Waals surface area contributed by atoms with Crippen molar-refractivity contribution in [1.29, 1.82) is 0 Å². The first-order chi connectivity index (χ1) is 5.33. The van der Waals surface area contributed by atoms with Crippen molar-refractivity contribution in [3.63, 3.8) is 0 Å². The molecule has 0 spiro atoms. The highest BCUT2D eigenvalue weighted by Gasteiger charge is 1.89. The lowest BCUT2D eigenvalue weighted by Gasteiger charge is -1.93. The van der Waals surface area contributed by atoms with Gasteiger partial charge in [0.2, 0.25) is 0 Å². The predicted octanol–water partition coefficient (Wildman–Crippen LogP) is 2.44. The van der Waals surface area contributed by atoms with Crippen molar-refractivity contribution in [2.45, 2.75) is 6.42 Å². The van der Waals surface area contributed by atoms with Crippen LogP contribution in [0.4, 0.5) is 4.39 Å². The molecular weight excluding hydrogens is 143 g/mol. The van der Waals surface area contributed by atoms with Gasteiger partial charge in [-0.15, -0.1) is 0 Å². The Morgan fingerprint density at radius 1 is 1.27 bits per heavy atom. The van der Waals surface area contributed by atoms with Crippen LogP contribution in [0.25, 0.3) is 0 Å². The van der Waals surface area contributed by atoms with Crippen molar-refractivity contribution in [2.75, 3.05) is 0 Å². The average molecular weight is 152 g/mol. The molecule has 0 heterocycles. The molecule has 0 radical (unpaired) electrons. The number of aliphatic hydroxyl groups excluding tert-OH is 1. The zero-order chi connectivity index (χ0) is 8.10. The topological polar surface area (TPSA) is 20.2 Å². The van der Waals surface area contributed by atoms with Crippen molar-refractivity contribution in [3.05, 3.63) is 48.0 Å². The number of allylic oxidation sites excluding steroid dienone is 1. The van der Waals surface area contributed by atoms with Crippen LogP contribution < -0.4 is 0 Å². The summed E-state index contributed by atoms with van der Waals surface area (Å²) in [7, 11) is 0. The molecule has 0 amide bonds. The molecule has 0 saturated heterocycles. The summed E-state index contributed by atoms with van der Waals surface area (Å²) in [6.45, 7) is 0. The van der Waals surface area contributed by atoms with Crippen LogP contribution in [-0.4, -0.2) is 5.11 Å². The van der Waals surface area contributed by atoms with Gasteiger partial charge in [0.25, 0.3) is 0 Å². The Labute approximate surface area is 64.8 Å². The summed E-state index contributed by atoms with van der Waals surface area (Å²) in [6, 6.07) is 6.19. The second-order valence-corrected chi connectivity index (χ2v) is 2.22. The zero-order valence-electron chi connectivity index (χ0n) is 6.00. The van der Waals surface area contributed by atoms with Gasteiger partial charge < -0.3 is 5.11 Å². The number of aliphatic hydroxyl groups is 1. The molecule has 1 aromatic carbocycles. The fourth-order valence-corrected chi connectivity index (χ4v) is 0.809. The lowest BCUT2D eigenvalue weighted by atomic mass is 10.1. The lowest BCUT2D eigenvalue weighted by molar-refractivity contribution is 0.471. The highest BCUT2D eigenvalue weighted by Crippen LogP contribution is 2.03. The van der Waals surface area contributed by atoms with E-state index in [9.17, 15) is 4.39 Å². The molecule has 0 aliphatic carbocycles. The smallest absolute Gasteiger partial charge is 0.123 e. The summed E-state index contributed by atoms with van der Waals surface area (Å²) < 4.78 is 12.3. The Kier molecular flexibility index (Phi) is 2.66. The number of hydrogen-bond acceptors (Lipinski definition) is 1. The second kappa shape index (κ2) is 3.76. The molecule has 11 heavy (non-hydrogen) atoms. The fraction of sp³-hybridized carbons (Fsp3) is 0.111. The molecule has 2 heteroatoms. The molecule has 0 bridgehead atoms. The van der Waals surface area contributed by atoms with E-state index >= 15 is 0 Å². The molecule has 0 aliphatic heterocycles. The molecule has 1 N–H and O–H groups in total. The van der Waals surface area contributed by atoms with Gasteiger partial charge in [-0.3, -0.25) is 0 Å². The van der Waals surface area contributed by atoms with E-state index in [-0.39, 0.29) is 5.82 Å². The van der Waals surface area contributed by atoms with E-state index < -0.39 is 0 Å². The Morgan fingerprint density at radius 2 is 1.91 bits per heavy atom. The third kappa shape index (κ3) is 2.42. The first-order valence-corrected chi connectivity index (χ1v) is 3.36. The Bertz CT molecular complexity index is 238. The lowest BCUT2D eigenvalue weighted by Crippen LogP contribution is -1.80. The summed E-state index contributed by atoms with van der Waals surface area (Å²) in [5.74, 6) is -0.235. The summed E-state index contributed by atoms with van der Waals surface area (Å²) in [5.41, 5.74) is 0.983. The molecule has 1 rings (SSSR count). The highest BCUT2D eigenvalue weighted by atomic mass is 19.1. The molecule has 1 aromatic rings. The van der Waals surface area contributed by atoms with Crippen LogP contribution in [0, 0.1) is 5.82 Å². The van der Waals surface area contributed by atoms with Crippen molar-refractivity contribution in [3.8, 4) is 0 Å². The van der Waals surface area contributed by atoms with Gasteiger partial charge >= 0.3 is 0 Å². The van der Waals surface area contributed by atoms with E-state index in [1.54, 1.807) is 18.2 Å². The highest BCUT2D eigenvalue weighted by molar-refractivity contribution is 5.18. The second-order valence-electron chi connectivity index (χ2n) is 2.22. The van der Waals surface area contributed by atoms with Crippen LogP contribution in [0.3, 0.4) is 0 Å². The van der Waals surface area contributed by atoms with Gasteiger partial charge in [0, 0.05) is 0 Å². The number of rotatable bonds is 2. The molecule has 58 valence electrons. The number of benzene rings is 1. The van der Waals surface area contributed by atoms with Gasteiger partial charge in [-0.2, -0.15) is 0 Å². The average Bonchev–Trinajstić information content (AvgIpc) is 2.04. The fourth-order valence-electron chi connectivity index (χ4n) is 0.809. The van der Waals surface area contributed by atoms with Gasteiger partial charge in [-0.25, -0.2) is 4.39 Å². The van der Waals surface area contributed by atoms with Gasteiger partial charge in [0.15, 0.2) is 0 Å². The minimum atomic E-state index is -0.235. The van der Waals surface area contributed by atoms with Crippen molar-refractivity contribution < 1.29 is 9.50 Å². The van der Waals surface area contributed by atoms with E-state index in [0.717, 1.165) is 11.8 Å². The Balaban J connectivity index is 2.66. The minimum absolute atomic E-state index is 0.235. The van der Waals surface area contributed by atoms with E-state index in [1.807, 2.05) is 0 Å². The number of hydrogen-bond donors (Lipinski definition) is 1. The van der Waals surface area contributed by atoms with Crippen molar-refractivity contribution in [1.82, 2.24) is 0 Å². The van der Waals surface area contributed by atoms with Crippen LogP contribution >= 0.6 is 0 Å². The first-order valence-electron chi connectivity index (χ1n) is 3.36. The van der Waals surface area contributed by atoms with Crippen LogP contribution in [0.5, 0.6) is 0 Å². The first kappa shape index (κ1) is 7.79. The monoisotopic (exact) mass is 152 g/mol. The van der Waals surface area contributed by atoms with Gasteiger partial charge in [-0.1, -0.05) is 12.1 Å². The zero-order valence-corrected chi connectivity index (χ0v) is 6.00. The van der Waals surface area contributed by atoms with Crippen LogP contribution in [-0.2, 0) is 6.42 Å². The molecule has 0 fully saturated rings. The molecule has 0 aromatic heterocycles. The van der Waals surface area contributed by atoms with E-state index in [1.165, 1.54) is 12.1 Å². The quantitative estimate of drug-likeness (QED) is 0.645. The molecule has 1 nitrogen and oxygen atoms in total. The Hall–Kier alpha value is -1.31. The summed E-state index contributed by atoms with van der Waals surface area (Å²) in [4.78, 5) is 0. The van der Waals surface area contributed by atoms with Gasteiger partial charge in [-0.05, 0) is 30.2 Å². The summed E-state index contributed by atoms with van der Waals surface area (Å²) in [6.07, 6.45) is 3.23. The maximum atomic E-state index is 12.3.